The molecule has 2 fully saturated rings. The number of hydrogen-bond acceptors (Lipinski definition) is 3. The standard InChI is InChI=1S/C18H25N3O2.ClH/c1-19-16(22)14-4-2-3-13(11-14)5-8-21-17(23)15-12-18(15)6-9-20-10-7-18;/h2-4,11,15,20H,5-10,12H2,1H3,(H,19,22)(H,21,23);1H. The summed E-state index contributed by atoms with van der Waals surface area (Å²) in [5.74, 6) is 0.331. The van der Waals surface area contributed by atoms with Crippen LogP contribution in [0.1, 0.15) is 35.2 Å². The van der Waals surface area contributed by atoms with E-state index in [1.54, 1.807) is 13.1 Å². The molecule has 132 valence electrons. The lowest BCUT2D eigenvalue weighted by Gasteiger charge is -2.23. The fraction of sp³-hybridized carbons (Fsp3) is 0.556. The number of piperidine rings is 1. The normalized spacial score (nSPS) is 20.8. The van der Waals surface area contributed by atoms with Crippen molar-refractivity contribution in [3.63, 3.8) is 0 Å². The molecular formula is C18H26ClN3O2. The minimum atomic E-state index is -0.0817. The minimum Gasteiger partial charge on any atom is -0.356 e. The van der Waals surface area contributed by atoms with Gasteiger partial charge in [0.2, 0.25) is 5.91 Å². The number of hydrogen-bond donors (Lipinski definition) is 3. The highest BCUT2D eigenvalue weighted by atomic mass is 35.5. The molecule has 0 radical (unpaired) electrons. The summed E-state index contributed by atoms with van der Waals surface area (Å²) in [5.41, 5.74) is 2.01. The Morgan fingerprint density at radius 1 is 1.29 bits per heavy atom. The van der Waals surface area contributed by atoms with Crippen molar-refractivity contribution in [1.29, 1.82) is 0 Å². The average Bonchev–Trinajstić information content (AvgIpc) is 3.28. The second kappa shape index (κ2) is 7.99. The van der Waals surface area contributed by atoms with E-state index >= 15 is 0 Å². The first-order chi connectivity index (χ1) is 11.1. The number of carbonyl (C=O) groups excluding carboxylic acids is 2. The molecule has 1 aliphatic heterocycles. The van der Waals surface area contributed by atoms with Gasteiger partial charge in [0.1, 0.15) is 0 Å². The van der Waals surface area contributed by atoms with E-state index in [4.69, 9.17) is 0 Å². The van der Waals surface area contributed by atoms with Crippen LogP contribution in [-0.2, 0) is 11.2 Å². The molecule has 0 bridgehead atoms. The van der Waals surface area contributed by atoms with Crippen molar-refractivity contribution in [2.45, 2.75) is 25.7 Å². The largest absolute Gasteiger partial charge is 0.356 e. The molecule has 3 rings (SSSR count). The molecule has 1 saturated carbocycles. The molecule has 24 heavy (non-hydrogen) atoms. The Bertz CT molecular complexity index is 600. The number of carbonyl (C=O) groups is 2. The first-order valence-corrected chi connectivity index (χ1v) is 8.44. The molecule has 6 heteroatoms. The highest BCUT2D eigenvalue weighted by Gasteiger charge is 2.57. The van der Waals surface area contributed by atoms with E-state index in [9.17, 15) is 9.59 Å². The van der Waals surface area contributed by atoms with Crippen LogP contribution in [0.5, 0.6) is 0 Å². The molecule has 1 spiro atoms. The molecule has 1 aromatic carbocycles. The van der Waals surface area contributed by atoms with Gasteiger partial charge in [-0.2, -0.15) is 0 Å². The van der Waals surface area contributed by atoms with Gasteiger partial charge in [0, 0.05) is 25.1 Å². The lowest BCUT2D eigenvalue weighted by molar-refractivity contribution is -0.123. The smallest absolute Gasteiger partial charge is 0.251 e. The maximum absolute atomic E-state index is 12.3. The van der Waals surface area contributed by atoms with Crippen LogP contribution in [0.4, 0.5) is 0 Å². The quantitative estimate of drug-likeness (QED) is 0.753. The van der Waals surface area contributed by atoms with Crippen LogP contribution in [0.2, 0.25) is 0 Å². The van der Waals surface area contributed by atoms with Crippen molar-refractivity contribution in [3.8, 4) is 0 Å². The van der Waals surface area contributed by atoms with Gasteiger partial charge >= 0.3 is 0 Å². The Balaban J connectivity index is 0.00000208. The molecule has 1 heterocycles. The average molecular weight is 352 g/mol. The minimum absolute atomic E-state index is 0. The van der Waals surface area contributed by atoms with Crippen LogP contribution < -0.4 is 16.0 Å². The van der Waals surface area contributed by atoms with Crippen molar-refractivity contribution in [2.75, 3.05) is 26.7 Å². The summed E-state index contributed by atoms with van der Waals surface area (Å²) in [7, 11) is 1.63. The summed E-state index contributed by atoms with van der Waals surface area (Å²) in [6, 6.07) is 7.55. The molecular weight excluding hydrogens is 326 g/mol. The summed E-state index contributed by atoms with van der Waals surface area (Å²) >= 11 is 0. The van der Waals surface area contributed by atoms with Crippen LogP contribution in [0.15, 0.2) is 24.3 Å². The van der Waals surface area contributed by atoms with Gasteiger partial charge in [-0.25, -0.2) is 0 Å². The van der Waals surface area contributed by atoms with E-state index in [0.717, 1.165) is 44.3 Å². The van der Waals surface area contributed by atoms with E-state index < -0.39 is 0 Å². The van der Waals surface area contributed by atoms with Gasteiger partial charge < -0.3 is 16.0 Å². The van der Waals surface area contributed by atoms with E-state index in [1.165, 1.54) is 0 Å². The third-order valence-electron chi connectivity index (χ3n) is 5.23. The molecule has 1 atom stereocenters. The van der Waals surface area contributed by atoms with Crippen LogP contribution in [0.3, 0.4) is 0 Å². The topological polar surface area (TPSA) is 70.2 Å². The Morgan fingerprint density at radius 2 is 2.04 bits per heavy atom. The summed E-state index contributed by atoms with van der Waals surface area (Å²) < 4.78 is 0. The van der Waals surface area contributed by atoms with Gasteiger partial charge in [0.25, 0.3) is 5.91 Å². The first-order valence-electron chi connectivity index (χ1n) is 8.44. The maximum Gasteiger partial charge on any atom is 0.251 e. The number of halogens is 1. The predicted molar refractivity (Wildman–Crippen MR) is 96.4 cm³/mol. The monoisotopic (exact) mass is 351 g/mol. The predicted octanol–water partition coefficient (Wildman–Crippen LogP) is 1.52. The number of benzene rings is 1. The maximum atomic E-state index is 12.3. The van der Waals surface area contributed by atoms with Gasteiger partial charge in [0.15, 0.2) is 0 Å². The number of nitrogens with one attached hydrogen (secondary N) is 3. The van der Waals surface area contributed by atoms with Crippen LogP contribution in [0, 0.1) is 11.3 Å². The Kier molecular flexibility index (Phi) is 6.24. The van der Waals surface area contributed by atoms with Gasteiger partial charge in [-0.3, -0.25) is 9.59 Å². The molecule has 2 aliphatic rings. The van der Waals surface area contributed by atoms with E-state index in [1.807, 2.05) is 18.2 Å². The van der Waals surface area contributed by atoms with Crippen molar-refractivity contribution in [2.24, 2.45) is 11.3 Å². The fourth-order valence-electron chi connectivity index (χ4n) is 3.66. The summed E-state index contributed by atoms with van der Waals surface area (Å²) in [6.07, 6.45) is 4.04. The molecule has 2 amide bonds. The Hall–Kier alpha value is -1.59. The van der Waals surface area contributed by atoms with E-state index in [0.29, 0.717) is 12.1 Å². The van der Waals surface area contributed by atoms with Crippen molar-refractivity contribution in [3.05, 3.63) is 35.4 Å². The third kappa shape index (κ3) is 4.08. The van der Waals surface area contributed by atoms with Crippen molar-refractivity contribution >= 4 is 24.2 Å². The van der Waals surface area contributed by atoms with Crippen LogP contribution >= 0.6 is 12.4 Å². The van der Waals surface area contributed by atoms with Crippen molar-refractivity contribution < 1.29 is 9.59 Å². The first kappa shape index (κ1) is 18.7. The summed E-state index contributed by atoms with van der Waals surface area (Å²) in [6.45, 7) is 2.70. The molecule has 0 aromatic heterocycles. The number of amides is 2. The third-order valence-corrected chi connectivity index (χ3v) is 5.23. The summed E-state index contributed by atoms with van der Waals surface area (Å²) in [5, 5.41) is 9.05. The van der Waals surface area contributed by atoms with Gasteiger partial charge in [-0.05, 0) is 61.9 Å². The Labute approximate surface area is 149 Å². The highest BCUT2D eigenvalue weighted by Crippen LogP contribution is 2.58. The molecule has 1 aliphatic carbocycles. The molecule has 3 N–H and O–H groups in total. The number of rotatable bonds is 5. The Morgan fingerprint density at radius 3 is 2.75 bits per heavy atom. The molecule has 1 saturated heterocycles. The zero-order valence-corrected chi connectivity index (χ0v) is 14.9. The molecule has 1 aromatic rings. The van der Waals surface area contributed by atoms with Gasteiger partial charge in [-0.1, -0.05) is 12.1 Å². The lowest BCUT2D eigenvalue weighted by Crippen LogP contribution is -2.34. The fourth-order valence-corrected chi connectivity index (χ4v) is 3.66. The summed E-state index contributed by atoms with van der Waals surface area (Å²) in [4.78, 5) is 23.9. The lowest BCUT2D eigenvalue weighted by atomic mass is 9.92. The SMILES string of the molecule is CNC(=O)c1cccc(CCNC(=O)C2CC23CCNCC3)c1.Cl. The van der Waals surface area contributed by atoms with Gasteiger partial charge in [-0.15, -0.1) is 12.4 Å². The van der Waals surface area contributed by atoms with E-state index in [-0.39, 0.29) is 35.6 Å². The van der Waals surface area contributed by atoms with E-state index in [2.05, 4.69) is 16.0 Å². The highest BCUT2D eigenvalue weighted by molar-refractivity contribution is 5.94. The zero-order valence-electron chi connectivity index (χ0n) is 14.1. The second-order valence-corrected chi connectivity index (χ2v) is 6.69. The van der Waals surface area contributed by atoms with Crippen LogP contribution in [-0.4, -0.2) is 38.5 Å². The molecule has 1 unspecified atom stereocenters. The van der Waals surface area contributed by atoms with Crippen molar-refractivity contribution in [1.82, 2.24) is 16.0 Å². The molecule has 5 nitrogen and oxygen atoms in total. The van der Waals surface area contributed by atoms with Gasteiger partial charge in [0.05, 0.1) is 0 Å². The zero-order chi connectivity index (χ0) is 16.3. The second-order valence-electron chi connectivity index (χ2n) is 6.69. The van der Waals surface area contributed by atoms with Crippen LogP contribution in [0.25, 0.3) is 0 Å².